The topological polar surface area (TPSA) is 75.2 Å². The van der Waals surface area contributed by atoms with Crippen LogP contribution in [0.25, 0.3) is 11.4 Å². The molecule has 0 atom stereocenters. The Balaban J connectivity index is 2.33. The first-order valence-corrected chi connectivity index (χ1v) is 5.98. The van der Waals surface area contributed by atoms with E-state index in [2.05, 4.69) is 14.7 Å². The highest BCUT2D eigenvalue weighted by Gasteiger charge is 2.31. The minimum atomic E-state index is -4.77. The molecule has 0 aliphatic rings. The Morgan fingerprint density at radius 2 is 1.90 bits per heavy atom. The Hall–Kier alpha value is -2.51. The molecule has 2 aromatic rings. The highest BCUT2D eigenvalue weighted by Crippen LogP contribution is 2.25. The highest BCUT2D eigenvalue weighted by atomic mass is 19.4. The number of ether oxygens (including phenoxy) is 1. The maximum absolute atomic E-state index is 12.0. The Kier molecular flexibility index (Phi) is 3.88. The molecule has 112 valence electrons. The Morgan fingerprint density at radius 3 is 2.38 bits per heavy atom. The number of alkyl halides is 3. The molecule has 0 amide bonds. The van der Waals surface area contributed by atoms with E-state index in [4.69, 9.17) is 0 Å². The maximum atomic E-state index is 12.0. The van der Waals surface area contributed by atoms with Crippen LogP contribution in [0.2, 0.25) is 0 Å². The van der Waals surface area contributed by atoms with Crippen LogP contribution < -0.4 is 10.3 Å². The van der Waals surface area contributed by atoms with Gasteiger partial charge in [0.1, 0.15) is 11.6 Å². The van der Waals surface area contributed by atoms with Crippen molar-refractivity contribution in [1.82, 2.24) is 9.97 Å². The number of hydrogen-bond donors (Lipinski definition) is 2. The largest absolute Gasteiger partial charge is 0.573 e. The molecule has 1 heterocycles. The van der Waals surface area contributed by atoms with Gasteiger partial charge in [-0.05, 0) is 30.7 Å². The number of nitrogens with zero attached hydrogens (tertiary/aromatic N) is 1. The van der Waals surface area contributed by atoms with E-state index < -0.39 is 17.8 Å². The zero-order valence-electron chi connectivity index (χ0n) is 10.9. The lowest BCUT2D eigenvalue weighted by Gasteiger charge is -2.09. The molecule has 0 bridgehead atoms. The van der Waals surface area contributed by atoms with Gasteiger partial charge in [0, 0.05) is 5.56 Å². The van der Waals surface area contributed by atoms with Crippen molar-refractivity contribution in [2.24, 2.45) is 0 Å². The Bertz CT molecular complexity index is 693. The van der Waals surface area contributed by atoms with Gasteiger partial charge in [0.2, 0.25) is 5.88 Å². The van der Waals surface area contributed by atoms with Crippen molar-refractivity contribution in [2.75, 3.05) is 0 Å². The first-order chi connectivity index (χ1) is 9.80. The van der Waals surface area contributed by atoms with Crippen LogP contribution in [0.15, 0.2) is 29.1 Å². The van der Waals surface area contributed by atoms with Gasteiger partial charge in [-0.25, -0.2) is 0 Å². The summed E-state index contributed by atoms with van der Waals surface area (Å²) in [5.41, 5.74) is 0.00553. The van der Waals surface area contributed by atoms with Crippen molar-refractivity contribution < 1.29 is 23.0 Å². The molecule has 5 nitrogen and oxygen atoms in total. The van der Waals surface area contributed by atoms with Gasteiger partial charge in [0.15, 0.2) is 0 Å². The number of aromatic nitrogens is 2. The highest BCUT2D eigenvalue weighted by molar-refractivity contribution is 5.56. The third kappa shape index (κ3) is 3.53. The molecule has 8 heteroatoms. The van der Waals surface area contributed by atoms with Crippen molar-refractivity contribution in [3.63, 3.8) is 0 Å². The van der Waals surface area contributed by atoms with Crippen LogP contribution >= 0.6 is 0 Å². The van der Waals surface area contributed by atoms with Gasteiger partial charge in [0.05, 0.1) is 5.56 Å². The molecule has 0 unspecified atom stereocenters. The van der Waals surface area contributed by atoms with E-state index in [1.165, 1.54) is 12.1 Å². The van der Waals surface area contributed by atoms with Gasteiger partial charge in [0.25, 0.3) is 5.56 Å². The summed E-state index contributed by atoms with van der Waals surface area (Å²) in [6.45, 7) is 1.69. The van der Waals surface area contributed by atoms with Crippen LogP contribution in [-0.4, -0.2) is 21.4 Å². The van der Waals surface area contributed by atoms with Crippen molar-refractivity contribution in [1.29, 1.82) is 0 Å². The number of nitrogens with one attached hydrogen (secondary N) is 1. The van der Waals surface area contributed by atoms with E-state index in [0.717, 1.165) is 12.1 Å². The summed E-state index contributed by atoms with van der Waals surface area (Å²) in [4.78, 5) is 18.0. The van der Waals surface area contributed by atoms with Gasteiger partial charge in [-0.15, -0.1) is 13.2 Å². The Labute approximate surface area is 117 Å². The summed E-state index contributed by atoms with van der Waals surface area (Å²) in [7, 11) is 0. The third-order valence-electron chi connectivity index (χ3n) is 2.71. The lowest BCUT2D eigenvalue weighted by molar-refractivity contribution is -0.274. The van der Waals surface area contributed by atoms with E-state index in [9.17, 15) is 23.1 Å². The molecule has 2 N–H and O–H groups in total. The number of H-pyrrole nitrogens is 1. The second-order valence-corrected chi connectivity index (χ2v) is 4.14. The first-order valence-electron chi connectivity index (χ1n) is 5.98. The van der Waals surface area contributed by atoms with E-state index >= 15 is 0 Å². The summed E-state index contributed by atoms with van der Waals surface area (Å²) < 4.78 is 39.9. The number of aromatic amines is 1. The average Bonchev–Trinajstić information content (AvgIpc) is 2.37. The summed E-state index contributed by atoms with van der Waals surface area (Å²) in [6.07, 6.45) is -4.46. The van der Waals surface area contributed by atoms with Gasteiger partial charge >= 0.3 is 6.36 Å². The summed E-state index contributed by atoms with van der Waals surface area (Å²) in [6, 6.07) is 4.77. The first kappa shape index (κ1) is 14.9. The van der Waals surface area contributed by atoms with Crippen LogP contribution in [0.1, 0.15) is 12.5 Å². The predicted octanol–water partition coefficient (Wildman–Crippen LogP) is 2.60. The molecule has 0 saturated carbocycles. The van der Waals surface area contributed by atoms with E-state index in [0.29, 0.717) is 12.0 Å². The van der Waals surface area contributed by atoms with Gasteiger partial charge in [-0.3, -0.25) is 4.79 Å². The number of rotatable bonds is 3. The number of hydrogen-bond acceptors (Lipinski definition) is 4. The lowest BCUT2D eigenvalue weighted by atomic mass is 10.2. The molecule has 2 rings (SSSR count). The lowest BCUT2D eigenvalue weighted by Crippen LogP contribution is -2.17. The summed E-state index contributed by atoms with van der Waals surface area (Å²) in [5.74, 6) is -0.719. The number of aromatic hydroxyl groups is 1. The molecular weight excluding hydrogens is 289 g/mol. The number of halogens is 3. The van der Waals surface area contributed by atoms with Crippen LogP contribution in [0.5, 0.6) is 11.6 Å². The molecule has 21 heavy (non-hydrogen) atoms. The van der Waals surface area contributed by atoms with Crippen LogP contribution in [0.3, 0.4) is 0 Å². The molecule has 1 aromatic heterocycles. The standard InChI is InChI=1S/C13H11F3N2O3/c1-2-9-11(19)17-10(18-12(9)20)7-3-5-8(6-4-7)21-13(14,15)16/h3-6H,2H2,1H3,(H2,17,18,19,20). The predicted molar refractivity (Wildman–Crippen MR) is 68.0 cm³/mol. The molecule has 0 saturated heterocycles. The molecule has 0 fully saturated rings. The molecular formula is C13H11F3N2O3. The minimum Gasteiger partial charge on any atom is -0.493 e. The van der Waals surface area contributed by atoms with Gasteiger partial charge in [-0.1, -0.05) is 6.92 Å². The zero-order valence-corrected chi connectivity index (χ0v) is 10.9. The van der Waals surface area contributed by atoms with Crippen LogP contribution in [0.4, 0.5) is 13.2 Å². The van der Waals surface area contributed by atoms with Crippen LogP contribution in [-0.2, 0) is 6.42 Å². The minimum absolute atomic E-state index is 0.0632. The Morgan fingerprint density at radius 1 is 1.29 bits per heavy atom. The van der Waals surface area contributed by atoms with Crippen molar-refractivity contribution >= 4 is 0 Å². The van der Waals surface area contributed by atoms with Crippen molar-refractivity contribution in [3.8, 4) is 23.0 Å². The fourth-order valence-corrected chi connectivity index (χ4v) is 1.76. The van der Waals surface area contributed by atoms with Crippen molar-refractivity contribution in [2.45, 2.75) is 19.7 Å². The van der Waals surface area contributed by atoms with E-state index in [1.807, 2.05) is 0 Å². The number of benzene rings is 1. The molecule has 0 spiro atoms. The molecule has 0 radical (unpaired) electrons. The fourth-order valence-electron chi connectivity index (χ4n) is 1.76. The van der Waals surface area contributed by atoms with Crippen LogP contribution in [0, 0.1) is 0 Å². The summed E-state index contributed by atoms with van der Waals surface area (Å²) in [5, 5.41) is 9.64. The molecule has 1 aromatic carbocycles. The fraction of sp³-hybridized carbons (Fsp3) is 0.231. The van der Waals surface area contributed by atoms with E-state index in [1.54, 1.807) is 6.92 Å². The maximum Gasteiger partial charge on any atom is 0.573 e. The second kappa shape index (κ2) is 5.47. The second-order valence-electron chi connectivity index (χ2n) is 4.14. The van der Waals surface area contributed by atoms with E-state index in [-0.39, 0.29) is 17.1 Å². The average molecular weight is 300 g/mol. The molecule has 0 aliphatic heterocycles. The van der Waals surface area contributed by atoms with Gasteiger partial charge in [-0.2, -0.15) is 4.98 Å². The summed E-state index contributed by atoms with van der Waals surface area (Å²) >= 11 is 0. The smallest absolute Gasteiger partial charge is 0.493 e. The monoisotopic (exact) mass is 300 g/mol. The zero-order chi connectivity index (χ0) is 15.6. The van der Waals surface area contributed by atoms with Crippen molar-refractivity contribution in [3.05, 3.63) is 40.2 Å². The SMILES string of the molecule is CCc1c(O)nc(-c2ccc(OC(F)(F)F)cc2)[nH]c1=O. The molecule has 0 aliphatic carbocycles. The van der Waals surface area contributed by atoms with Gasteiger partial charge < -0.3 is 14.8 Å². The quantitative estimate of drug-likeness (QED) is 0.913. The third-order valence-corrected chi connectivity index (χ3v) is 2.71. The normalized spacial score (nSPS) is 11.4.